The van der Waals surface area contributed by atoms with Crippen molar-refractivity contribution in [2.45, 2.75) is 26.1 Å². The zero-order chi connectivity index (χ0) is 13.5. The SMILES string of the molecule is CN(CCCn1ccnc1)Cc1ccc(CN)cc1. The van der Waals surface area contributed by atoms with Gasteiger partial charge in [0, 0.05) is 32.0 Å². The Labute approximate surface area is 114 Å². The number of benzene rings is 1. The standard InChI is InChI=1S/C15H22N4/c1-18(8-2-9-19-10-7-17-13-19)12-15-5-3-14(11-16)4-6-15/h3-7,10,13H,2,8-9,11-12,16H2,1H3. The molecule has 0 aliphatic rings. The van der Waals surface area contributed by atoms with Gasteiger partial charge in [-0.3, -0.25) is 0 Å². The Morgan fingerprint density at radius 3 is 2.58 bits per heavy atom. The van der Waals surface area contributed by atoms with Crippen molar-refractivity contribution in [1.29, 1.82) is 0 Å². The van der Waals surface area contributed by atoms with Crippen LogP contribution in [0.5, 0.6) is 0 Å². The molecular weight excluding hydrogens is 236 g/mol. The third-order valence-corrected chi connectivity index (χ3v) is 3.23. The highest BCUT2D eigenvalue weighted by atomic mass is 15.1. The van der Waals surface area contributed by atoms with Gasteiger partial charge in [-0.25, -0.2) is 4.98 Å². The Bertz CT molecular complexity index is 461. The van der Waals surface area contributed by atoms with Crippen LogP contribution in [0.15, 0.2) is 43.0 Å². The third kappa shape index (κ3) is 4.50. The summed E-state index contributed by atoms with van der Waals surface area (Å²) in [5.74, 6) is 0. The van der Waals surface area contributed by atoms with E-state index in [-0.39, 0.29) is 0 Å². The highest BCUT2D eigenvalue weighted by molar-refractivity contribution is 5.22. The van der Waals surface area contributed by atoms with Crippen molar-refractivity contribution in [2.24, 2.45) is 5.73 Å². The molecule has 0 atom stereocenters. The lowest BCUT2D eigenvalue weighted by Crippen LogP contribution is -2.20. The Morgan fingerprint density at radius 2 is 1.95 bits per heavy atom. The molecule has 0 bridgehead atoms. The van der Waals surface area contributed by atoms with Crippen molar-refractivity contribution in [1.82, 2.24) is 14.5 Å². The molecular formula is C15H22N4. The Kier molecular flexibility index (Phi) is 5.12. The third-order valence-electron chi connectivity index (χ3n) is 3.23. The quantitative estimate of drug-likeness (QED) is 0.824. The van der Waals surface area contributed by atoms with Crippen molar-refractivity contribution in [3.8, 4) is 0 Å². The molecule has 0 fully saturated rings. The van der Waals surface area contributed by atoms with Crippen LogP contribution in [0.1, 0.15) is 17.5 Å². The zero-order valence-corrected chi connectivity index (χ0v) is 11.5. The molecule has 0 radical (unpaired) electrons. The maximum absolute atomic E-state index is 5.60. The van der Waals surface area contributed by atoms with E-state index in [9.17, 15) is 0 Å². The van der Waals surface area contributed by atoms with Crippen LogP contribution in [0.2, 0.25) is 0 Å². The smallest absolute Gasteiger partial charge is 0.0945 e. The molecule has 0 spiro atoms. The maximum atomic E-state index is 5.60. The van der Waals surface area contributed by atoms with E-state index in [2.05, 4.69) is 45.8 Å². The van der Waals surface area contributed by atoms with E-state index in [1.165, 1.54) is 11.1 Å². The monoisotopic (exact) mass is 258 g/mol. The van der Waals surface area contributed by atoms with Gasteiger partial charge in [-0.05, 0) is 31.1 Å². The lowest BCUT2D eigenvalue weighted by molar-refractivity contribution is 0.314. The Balaban J connectivity index is 1.72. The summed E-state index contributed by atoms with van der Waals surface area (Å²) >= 11 is 0. The minimum Gasteiger partial charge on any atom is -0.337 e. The number of nitrogens with two attached hydrogens (primary N) is 1. The summed E-state index contributed by atoms with van der Waals surface area (Å²) < 4.78 is 2.11. The van der Waals surface area contributed by atoms with Gasteiger partial charge in [0.05, 0.1) is 6.33 Å². The average Bonchev–Trinajstić information content (AvgIpc) is 2.93. The van der Waals surface area contributed by atoms with E-state index >= 15 is 0 Å². The van der Waals surface area contributed by atoms with Crippen LogP contribution >= 0.6 is 0 Å². The van der Waals surface area contributed by atoms with E-state index in [4.69, 9.17) is 5.73 Å². The van der Waals surface area contributed by atoms with E-state index in [1.54, 1.807) is 0 Å². The fraction of sp³-hybridized carbons (Fsp3) is 0.400. The van der Waals surface area contributed by atoms with E-state index in [0.29, 0.717) is 6.54 Å². The summed E-state index contributed by atoms with van der Waals surface area (Å²) in [6.07, 6.45) is 6.83. The number of hydrogen-bond acceptors (Lipinski definition) is 3. The first-order valence-corrected chi connectivity index (χ1v) is 6.70. The van der Waals surface area contributed by atoms with Gasteiger partial charge in [-0.15, -0.1) is 0 Å². The van der Waals surface area contributed by atoms with Gasteiger partial charge in [0.1, 0.15) is 0 Å². The van der Waals surface area contributed by atoms with E-state index < -0.39 is 0 Å². The molecule has 0 amide bonds. The van der Waals surface area contributed by atoms with Crippen LogP contribution in [0.4, 0.5) is 0 Å². The summed E-state index contributed by atoms with van der Waals surface area (Å²) in [7, 11) is 2.16. The average molecular weight is 258 g/mol. The molecule has 0 unspecified atom stereocenters. The predicted molar refractivity (Wildman–Crippen MR) is 77.5 cm³/mol. The van der Waals surface area contributed by atoms with Gasteiger partial charge < -0.3 is 15.2 Å². The molecule has 1 aromatic carbocycles. The van der Waals surface area contributed by atoms with Crippen LogP contribution in [-0.2, 0) is 19.6 Å². The van der Waals surface area contributed by atoms with Crippen LogP contribution in [0.25, 0.3) is 0 Å². The normalized spacial score (nSPS) is 11.1. The van der Waals surface area contributed by atoms with Crippen LogP contribution in [-0.4, -0.2) is 28.0 Å². The van der Waals surface area contributed by atoms with Crippen LogP contribution in [0, 0.1) is 0 Å². The van der Waals surface area contributed by atoms with Crippen molar-refractivity contribution >= 4 is 0 Å². The molecule has 2 rings (SSSR count). The summed E-state index contributed by atoms with van der Waals surface area (Å²) in [6, 6.07) is 8.53. The molecule has 102 valence electrons. The van der Waals surface area contributed by atoms with Gasteiger partial charge >= 0.3 is 0 Å². The summed E-state index contributed by atoms with van der Waals surface area (Å²) in [5.41, 5.74) is 8.12. The maximum Gasteiger partial charge on any atom is 0.0945 e. The molecule has 4 heteroatoms. The largest absolute Gasteiger partial charge is 0.337 e. The predicted octanol–water partition coefficient (Wildman–Crippen LogP) is 1.86. The van der Waals surface area contributed by atoms with Crippen molar-refractivity contribution in [3.05, 3.63) is 54.1 Å². The van der Waals surface area contributed by atoms with Gasteiger partial charge in [-0.1, -0.05) is 24.3 Å². The molecule has 0 saturated heterocycles. The van der Waals surface area contributed by atoms with E-state index in [1.807, 2.05) is 18.7 Å². The molecule has 4 nitrogen and oxygen atoms in total. The number of imidazole rings is 1. The first-order chi connectivity index (χ1) is 9.28. The number of hydrogen-bond donors (Lipinski definition) is 1. The lowest BCUT2D eigenvalue weighted by Gasteiger charge is -2.17. The summed E-state index contributed by atoms with van der Waals surface area (Å²) in [5, 5.41) is 0. The second-order valence-corrected chi connectivity index (χ2v) is 4.91. The lowest BCUT2D eigenvalue weighted by atomic mass is 10.1. The molecule has 0 aliphatic heterocycles. The number of aryl methyl sites for hydroxylation is 1. The van der Waals surface area contributed by atoms with Gasteiger partial charge in [0.25, 0.3) is 0 Å². The summed E-state index contributed by atoms with van der Waals surface area (Å²) in [4.78, 5) is 6.38. The van der Waals surface area contributed by atoms with Crippen LogP contribution < -0.4 is 5.73 Å². The molecule has 0 saturated carbocycles. The number of aromatic nitrogens is 2. The molecule has 19 heavy (non-hydrogen) atoms. The second-order valence-electron chi connectivity index (χ2n) is 4.91. The van der Waals surface area contributed by atoms with Crippen molar-refractivity contribution in [2.75, 3.05) is 13.6 Å². The molecule has 0 aliphatic carbocycles. The first-order valence-electron chi connectivity index (χ1n) is 6.70. The second kappa shape index (κ2) is 7.07. The number of rotatable bonds is 7. The van der Waals surface area contributed by atoms with Gasteiger partial charge in [0.15, 0.2) is 0 Å². The summed E-state index contributed by atoms with van der Waals surface area (Å²) in [6.45, 7) is 3.70. The molecule has 1 heterocycles. The van der Waals surface area contributed by atoms with Crippen molar-refractivity contribution in [3.63, 3.8) is 0 Å². The first kappa shape index (κ1) is 13.8. The minimum absolute atomic E-state index is 0.612. The Hall–Kier alpha value is -1.65. The van der Waals surface area contributed by atoms with Crippen molar-refractivity contribution < 1.29 is 0 Å². The fourth-order valence-corrected chi connectivity index (χ4v) is 2.11. The minimum atomic E-state index is 0.612. The fourth-order valence-electron chi connectivity index (χ4n) is 2.11. The van der Waals surface area contributed by atoms with E-state index in [0.717, 1.165) is 26.1 Å². The number of nitrogens with zero attached hydrogens (tertiary/aromatic N) is 3. The highest BCUT2D eigenvalue weighted by Crippen LogP contribution is 2.06. The molecule has 2 N–H and O–H groups in total. The van der Waals surface area contributed by atoms with Gasteiger partial charge in [-0.2, -0.15) is 0 Å². The van der Waals surface area contributed by atoms with Crippen LogP contribution in [0.3, 0.4) is 0 Å². The molecule has 1 aromatic heterocycles. The van der Waals surface area contributed by atoms with Gasteiger partial charge in [0.2, 0.25) is 0 Å². The zero-order valence-electron chi connectivity index (χ0n) is 11.5. The topological polar surface area (TPSA) is 47.1 Å². The highest BCUT2D eigenvalue weighted by Gasteiger charge is 2.01. The molecule has 2 aromatic rings. The Morgan fingerprint density at radius 1 is 1.21 bits per heavy atom.